The second-order valence-corrected chi connectivity index (χ2v) is 4.97. The highest BCUT2D eigenvalue weighted by molar-refractivity contribution is 7.84. The maximum Gasteiger partial charge on any atom is 0.303 e. The molecule has 14 heavy (non-hydrogen) atoms. The molecule has 0 spiro atoms. The number of carbonyl (C=O) groups is 1. The molecular formula is C9H19NO3S. The number of hydrogen-bond acceptors (Lipinski definition) is 3. The second kappa shape index (κ2) is 7.94. The third-order valence-electron chi connectivity index (χ3n) is 1.90. The van der Waals surface area contributed by atoms with Gasteiger partial charge >= 0.3 is 5.97 Å². The highest BCUT2D eigenvalue weighted by atomic mass is 32.2. The Labute approximate surface area is 87.5 Å². The lowest BCUT2D eigenvalue weighted by molar-refractivity contribution is -0.137. The first-order valence-corrected chi connectivity index (χ1v) is 6.50. The fourth-order valence-electron chi connectivity index (χ4n) is 1.03. The zero-order valence-corrected chi connectivity index (χ0v) is 9.60. The number of nitrogens with one attached hydrogen (secondary N) is 1. The number of rotatable bonds is 8. The molecule has 5 heteroatoms. The van der Waals surface area contributed by atoms with Gasteiger partial charge in [-0.3, -0.25) is 9.00 Å². The van der Waals surface area contributed by atoms with Crippen LogP contribution in [0, 0.1) is 0 Å². The Hall–Kier alpha value is -0.420. The first-order chi connectivity index (χ1) is 6.52. The Morgan fingerprint density at radius 3 is 2.71 bits per heavy atom. The van der Waals surface area contributed by atoms with E-state index >= 15 is 0 Å². The average Bonchev–Trinajstić information content (AvgIpc) is 2.08. The molecule has 0 saturated heterocycles. The minimum atomic E-state index is -0.755. The van der Waals surface area contributed by atoms with E-state index < -0.39 is 16.8 Å². The highest BCUT2D eigenvalue weighted by Gasteiger charge is 2.02. The molecule has 0 heterocycles. The summed E-state index contributed by atoms with van der Waals surface area (Å²) in [5, 5.41) is 11.6. The first kappa shape index (κ1) is 13.6. The summed E-state index contributed by atoms with van der Waals surface area (Å²) in [5.41, 5.74) is 0. The Morgan fingerprint density at radius 1 is 1.57 bits per heavy atom. The fourth-order valence-corrected chi connectivity index (χ4v) is 1.72. The molecular weight excluding hydrogens is 202 g/mol. The molecule has 0 aromatic heterocycles. The van der Waals surface area contributed by atoms with Crippen molar-refractivity contribution in [1.29, 1.82) is 0 Å². The van der Waals surface area contributed by atoms with Gasteiger partial charge in [-0.1, -0.05) is 0 Å². The first-order valence-electron chi connectivity index (χ1n) is 4.77. The molecule has 0 fully saturated rings. The molecule has 2 unspecified atom stereocenters. The lowest BCUT2D eigenvalue weighted by atomic mass is 10.2. The van der Waals surface area contributed by atoms with E-state index in [1.165, 1.54) is 0 Å². The predicted octanol–water partition coefficient (Wildman–Crippen LogP) is 0.598. The minimum Gasteiger partial charge on any atom is -0.481 e. The third kappa shape index (κ3) is 9.67. The Kier molecular flexibility index (Phi) is 7.70. The van der Waals surface area contributed by atoms with E-state index in [4.69, 9.17) is 5.11 Å². The van der Waals surface area contributed by atoms with E-state index in [1.807, 2.05) is 6.92 Å². The van der Waals surface area contributed by atoms with Gasteiger partial charge in [0.15, 0.2) is 0 Å². The van der Waals surface area contributed by atoms with Gasteiger partial charge < -0.3 is 10.4 Å². The van der Waals surface area contributed by atoms with Gasteiger partial charge in [-0.25, -0.2) is 0 Å². The van der Waals surface area contributed by atoms with Gasteiger partial charge in [-0.2, -0.15) is 0 Å². The smallest absolute Gasteiger partial charge is 0.303 e. The van der Waals surface area contributed by atoms with Crippen molar-refractivity contribution in [3.8, 4) is 0 Å². The van der Waals surface area contributed by atoms with Crippen LogP contribution in [0.2, 0.25) is 0 Å². The van der Waals surface area contributed by atoms with Gasteiger partial charge in [-0.15, -0.1) is 0 Å². The van der Waals surface area contributed by atoms with Crippen LogP contribution in [0.1, 0.15) is 26.2 Å². The van der Waals surface area contributed by atoms with Crippen LogP contribution in [0.4, 0.5) is 0 Å². The van der Waals surface area contributed by atoms with Crippen molar-refractivity contribution in [3.63, 3.8) is 0 Å². The molecule has 0 aliphatic carbocycles. The van der Waals surface area contributed by atoms with Gasteiger partial charge in [0, 0.05) is 35.3 Å². The summed E-state index contributed by atoms with van der Waals surface area (Å²) in [6.45, 7) is 2.73. The van der Waals surface area contributed by atoms with E-state index in [9.17, 15) is 9.00 Å². The summed E-state index contributed by atoms with van der Waals surface area (Å²) < 4.78 is 10.8. The second-order valence-electron chi connectivity index (χ2n) is 3.42. The van der Waals surface area contributed by atoms with Gasteiger partial charge in [0.2, 0.25) is 0 Å². The summed E-state index contributed by atoms with van der Waals surface area (Å²) in [5.74, 6) is -0.0540. The van der Waals surface area contributed by atoms with Crippen molar-refractivity contribution in [2.45, 2.75) is 32.2 Å². The molecule has 0 aromatic carbocycles. The molecule has 0 aromatic rings. The van der Waals surface area contributed by atoms with Crippen LogP contribution in [0.25, 0.3) is 0 Å². The topological polar surface area (TPSA) is 66.4 Å². The van der Waals surface area contributed by atoms with Gasteiger partial charge in [-0.05, 0) is 26.3 Å². The Bertz CT molecular complexity index is 196. The highest BCUT2D eigenvalue weighted by Crippen LogP contribution is 1.94. The van der Waals surface area contributed by atoms with Crippen LogP contribution in [0.15, 0.2) is 0 Å². The SMILES string of the molecule is CC(CCS(C)=O)NCCCC(=O)O. The van der Waals surface area contributed by atoms with Crippen molar-refractivity contribution in [2.24, 2.45) is 0 Å². The van der Waals surface area contributed by atoms with Crippen LogP contribution >= 0.6 is 0 Å². The Morgan fingerprint density at radius 2 is 2.21 bits per heavy atom. The van der Waals surface area contributed by atoms with E-state index in [1.54, 1.807) is 6.26 Å². The predicted molar refractivity (Wildman–Crippen MR) is 57.9 cm³/mol. The van der Waals surface area contributed by atoms with Crippen molar-refractivity contribution < 1.29 is 14.1 Å². The number of hydrogen-bond donors (Lipinski definition) is 2. The molecule has 84 valence electrons. The van der Waals surface area contributed by atoms with Gasteiger partial charge in [0.05, 0.1) is 0 Å². The standard InChI is InChI=1S/C9H19NO3S/c1-8(5-7-14(2)13)10-6-3-4-9(11)12/h8,10H,3-7H2,1-2H3,(H,11,12). The normalized spacial score (nSPS) is 15.0. The van der Waals surface area contributed by atoms with Crippen LogP contribution in [-0.2, 0) is 15.6 Å². The Balaban J connectivity index is 3.30. The van der Waals surface area contributed by atoms with Crippen molar-refractivity contribution >= 4 is 16.8 Å². The maximum absolute atomic E-state index is 10.8. The molecule has 2 N–H and O–H groups in total. The van der Waals surface area contributed by atoms with Crippen LogP contribution in [-0.4, -0.2) is 39.9 Å². The summed E-state index contributed by atoms with van der Waals surface area (Å²) in [7, 11) is -0.735. The molecule has 0 amide bonds. The van der Waals surface area contributed by atoms with E-state index in [0.717, 1.165) is 6.42 Å². The number of carboxylic acids is 1. The molecule has 0 rings (SSSR count). The molecule has 2 atom stereocenters. The van der Waals surface area contributed by atoms with E-state index in [2.05, 4.69) is 5.32 Å². The van der Waals surface area contributed by atoms with Crippen LogP contribution in [0.3, 0.4) is 0 Å². The van der Waals surface area contributed by atoms with Crippen molar-refractivity contribution in [2.75, 3.05) is 18.6 Å². The lowest BCUT2D eigenvalue weighted by Gasteiger charge is -2.11. The molecule has 0 radical (unpaired) electrons. The van der Waals surface area contributed by atoms with Crippen LogP contribution < -0.4 is 5.32 Å². The largest absolute Gasteiger partial charge is 0.481 e. The summed E-state index contributed by atoms with van der Waals surface area (Å²) >= 11 is 0. The molecule has 0 aliphatic heterocycles. The van der Waals surface area contributed by atoms with E-state index in [-0.39, 0.29) is 6.42 Å². The average molecular weight is 221 g/mol. The van der Waals surface area contributed by atoms with Gasteiger partial charge in [0.25, 0.3) is 0 Å². The molecule has 4 nitrogen and oxygen atoms in total. The van der Waals surface area contributed by atoms with Gasteiger partial charge in [0.1, 0.15) is 0 Å². The third-order valence-corrected chi connectivity index (χ3v) is 2.71. The summed E-state index contributed by atoms with van der Waals surface area (Å²) in [4.78, 5) is 10.2. The lowest BCUT2D eigenvalue weighted by Crippen LogP contribution is -2.28. The molecule has 0 saturated carbocycles. The maximum atomic E-state index is 10.8. The molecule has 0 bridgehead atoms. The zero-order valence-electron chi connectivity index (χ0n) is 8.78. The summed E-state index contributed by atoms with van der Waals surface area (Å²) in [6, 6.07) is 0.313. The number of aliphatic carboxylic acids is 1. The van der Waals surface area contributed by atoms with Crippen LogP contribution in [0.5, 0.6) is 0 Å². The monoisotopic (exact) mass is 221 g/mol. The summed E-state index contributed by atoms with van der Waals surface area (Å²) in [6.07, 6.45) is 3.42. The number of carboxylic acid groups (broad SMARTS) is 1. The van der Waals surface area contributed by atoms with E-state index in [0.29, 0.717) is 24.8 Å². The van der Waals surface area contributed by atoms with Crippen molar-refractivity contribution in [1.82, 2.24) is 5.32 Å². The molecule has 0 aliphatic rings. The minimum absolute atomic E-state index is 0.208. The zero-order chi connectivity index (χ0) is 11.0. The van der Waals surface area contributed by atoms with Crippen molar-refractivity contribution in [3.05, 3.63) is 0 Å². The fraction of sp³-hybridized carbons (Fsp3) is 0.889. The quantitative estimate of drug-likeness (QED) is 0.589.